The van der Waals surface area contributed by atoms with Crippen molar-refractivity contribution in [2.45, 2.75) is 70.4 Å². The summed E-state index contributed by atoms with van der Waals surface area (Å²) in [5, 5.41) is 3.70. The molecule has 0 aromatic rings. The highest BCUT2D eigenvalue weighted by Gasteiger charge is 2.55. The summed E-state index contributed by atoms with van der Waals surface area (Å²) in [6, 6.07) is 0. The van der Waals surface area contributed by atoms with E-state index >= 15 is 0 Å². The molecular weight excluding hydrogens is 252 g/mol. The fourth-order valence-corrected chi connectivity index (χ4v) is 4.40. The quantitative estimate of drug-likeness (QED) is 0.742. The lowest BCUT2D eigenvalue weighted by molar-refractivity contribution is -0.0457. The molecule has 1 aliphatic carbocycles. The zero-order valence-electron chi connectivity index (χ0n) is 13.1. The van der Waals surface area contributed by atoms with Gasteiger partial charge in [0.15, 0.2) is 0 Å². The number of ether oxygens (including phenoxy) is 1. The fraction of sp³-hybridized carbons (Fsp3) is 0.938. The molecule has 1 amide bonds. The van der Waals surface area contributed by atoms with Crippen LogP contribution in [0.1, 0.15) is 59.3 Å². The predicted octanol–water partition coefficient (Wildman–Crippen LogP) is 2.92. The van der Waals surface area contributed by atoms with E-state index in [2.05, 4.69) is 5.32 Å². The average molecular weight is 280 g/mol. The zero-order valence-corrected chi connectivity index (χ0v) is 13.1. The first-order chi connectivity index (χ1) is 9.32. The van der Waals surface area contributed by atoms with E-state index in [0.29, 0.717) is 11.0 Å². The van der Waals surface area contributed by atoms with Gasteiger partial charge in [0.1, 0.15) is 5.60 Å². The largest absolute Gasteiger partial charge is 0.444 e. The predicted molar refractivity (Wildman–Crippen MR) is 78.7 cm³/mol. The molecule has 0 atom stereocenters. The number of rotatable bonds is 0. The Hall–Kier alpha value is -0.770. The Labute approximate surface area is 122 Å². The third-order valence-corrected chi connectivity index (χ3v) is 5.23. The van der Waals surface area contributed by atoms with Gasteiger partial charge in [-0.05, 0) is 71.3 Å². The zero-order chi connectivity index (χ0) is 14.4. The van der Waals surface area contributed by atoms with Crippen molar-refractivity contribution in [2.24, 2.45) is 5.41 Å². The van der Waals surface area contributed by atoms with Crippen molar-refractivity contribution in [3.63, 3.8) is 0 Å². The molecule has 2 heterocycles. The summed E-state index contributed by atoms with van der Waals surface area (Å²) < 4.78 is 5.46. The molecule has 0 unspecified atom stereocenters. The Morgan fingerprint density at radius 1 is 1.15 bits per heavy atom. The first-order valence-corrected chi connectivity index (χ1v) is 8.05. The smallest absolute Gasteiger partial charge is 0.410 e. The van der Waals surface area contributed by atoms with Crippen LogP contribution in [0.4, 0.5) is 4.79 Å². The number of carbonyl (C=O) groups is 1. The molecule has 2 spiro atoms. The minimum atomic E-state index is -0.388. The highest BCUT2D eigenvalue weighted by molar-refractivity contribution is 5.68. The minimum absolute atomic E-state index is 0.139. The average Bonchev–Trinajstić information content (AvgIpc) is 2.76. The Balaban J connectivity index is 1.49. The lowest BCUT2D eigenvalue weighted by atomic mass is 9.53. The Kier molecular flexibility index (Phi) is 3.27. The maximum atomic E-state index is 12.1. The number of nitrogens with zero attached hydrogens (tertiary/aromatic N) is 1. The van der Waals surface area contributed by atoms with Gasteiger partial charge in [-0.2, -0.15) is 0 Å². The van der Waals surface area contributed by atoms with Crippen LogP contribution >= 0.6 is 0 Å². The Morgan fingerprint density at radius 3 is 2.30 bits per heavy atom. The maximum absolute atomic E-state index is 12.1. The monoisotopic (exact) mass is 280 g/mol. The number of piperidine rings is 1. The molecule has 4 heteroatoms. The van der Waals surface area contributed by atoms with Gasteiger partial charge in [-0.1, -0.05) is 0 Å². The van der Waals surface area contributed by atoms with Gasteiger partial charge in [0.2, 0.25) is 0 Å². The van der Waals surface area contributed by atoms with Gasteiger partial charge in [-0.15, -0.1) is 0 Å². The van der Waals surface area contributed by atoms with Crippen molar-refractivity contribution in [3.8, 4) is 0 Å². The molecule has 3 rings (SSSR count). The number of amides is 1. The minimum Gasteiger partial charge on any atom is -0.444 e. The van der Waals surface area contributed by atoms with Crippen LogP contribution in [0.15, 0.2) is 0 Å². The second kappa shape index (κ2) is 4.62. The van der Waals surface area contributed by atoms with Crippen LogP contribution in [0, 0.1) is 5.41 Å². The SMILES string of the molecule is CC(C)(C)OC(=O)N1CCC2(CC1)CC1(CCCN1)C2. The Bertz CT molecular complexity index is 376. The molecule has 20 heavy (non-hydrogen) atoms. The summed E-state index contributed by atoms with van der Waals surface area (Å²) in [5.41, 5.74) is 0.588. The van der Waals surface area contributed by atoms with Crippen LogP contribution in [-0.4, -0.2) is 41.8 Å². The van der Waals surface area contributed by atoms with Crippen molar-refractivity contribution in [3.05, 3.63) is 0 Å². The first kappa shape index (κ1) is 14.2. The standard InChI is InChI=1S/C16H28N2O2/c1-14(2,3)20-13(19)18-9-6-15(7-10-18)11-16(12-15)5-4-8-17-16/h17H,4-12H2,1-3H3. The highest BCUT2D eigenvalue weighted by Crippen LogP contribution is 2.57. The number of likely N-dealkylation sites (tertiary alicyclic amines) is 1. The third kappa shape index (κ3) is 2.67. The lowest BCUT2D eigenvalue weighted by Gasteiger charge is -2.58. The fourth-order valence-electron chi connectivity index (χ4n) is 4.40. The summed E-state index contributed by atoms with van der Waals surface area (Å²) >= 11 is 0. The number of carbonyl (C=O) groups excluding carboxylic acids is 1. The Morgan fingerprint density at radius 2 is 1.80 bits per heavy atom. The van der Waals surface area contributed by atoms with Crippen LogP contribution < -0.4 is 5.32 Å². The molecular formula is C16H28N2O2. The van der Waals surface area contributed by atoms with Gasteiger partial charge in [0.05, 0.1) is 0 Å². The molecule has 2 aliphatic heterocycles. The van der Waals surface area contributed by atoms with E-state index in [-0.39, 0.29) is 11.7 Å². The van der Waals surface area contributed by atoms with Crippen LogP contribution in [0.5, 0.6) is 0 Å². The molecule has 0 bridgehead atoms. The van der Waals surface area contributed by atoms with E-state index in [1.54, 1.807) is 0 Å². The molecule has 2 saturated heterocycles. The van der Waals surface area contributed by atoms with Gasteiger partial charge in [0, 0.05) is 18.6 Å². The van der Waals surface area contributed by atoms with Crippen molar-refractivity contribution in [2.75, 3.05) is 19.6 Å². The molecule has 0 aromatic heterocycles. The maximum Gasteiger partial charge on any atom is 0.410 e. The van der Waals surface area contributed by atoms with Crippen LogP contribution in [0.3, 0.4) is 0 Å². The van der Waals surface area contributed by atoms with Crippen molar-refractivity contribution in [1.29, 1.82) is 0 Å². The molecule has 1 saturated carbocycles. The molecule has 3 aliphatic rings. The van der Waals surface area contributed by atoms with Crippen molar-refractivity contribution >= 4 is 6.09 Å². The second-order valence-corrected chi connectivity index (χ2v) is 8.13. The van der Waals surface area contributed by atoms with Gasteiger partial charge in [-0.25, -0.2) is 4.79 Å². The molecule has 114 valence electrons. The number of hydrogen-bond acceptors (Lipinski definition) is 3. The van der Waals surface area contributed by atoms with Crippen molar-refractivity contribution in [1.82, 2.24) is 10.2 Å². The van der Waals surface area contributed by atoms with Crippen LogP contribution in [-0.2, 0) is 4.74 Å². The van der Waals surface area contributed by atoms with Gasteiger partial charge >= 0.3 is 6.09 Å². The van der Waals surface area contributed by atoms with Crippen LogP contribution in [0.25, 0.3) is 0 Å². The van der Waals surface area contributed by atoms with E-state index in [1.165, 1.54) is 32.2 Å². The van der Waals surface area contributed by atoms with Gasteiger partial charge < -0.3 is 15.0 Å². The molecule has 1 N–H and O–H groups in total. The normalized spacial score (nSPS) is 27.6. The van der Waals surface area contributed by atoms with E-state index in [0.717, 1.165) is 25.9 Å². The summed E-state index contributed by atoms with van der Waals surface area (Å²) in [4.78, 5) is 14.0. The molecule has 0 aromatic carbocycles. The summed E-state index contributed by atoms with van der Waals surface area (Å²) in [6.45, 7) is 8.71. The van der Waals surface area contributed by atoms with E-state index in [1.807, 2.05) is 25.7 Å². The lowest BCUT2D eigenvalue weighted by Crippen LogP contribution is -2.60. The highest BCUT2D eigenvalue weighted by atomic mass is 16.6. The second-order valence-electron chi connectivity index (χ2n) is 8.13. The summed E-state index contributed by atoms with van der Waals surface area (Å²) in [5.74, 6) is 0. The summed E-state index contributed by atoms with van der Waals surface area (Å²) in [6.07, 6.45) is 7.49. The first-order valence-electron chi connectivity index (χ1n) is 8.05. The molecule has 3 fully saturated rings. The van der Waals surface area contributed by atoms with Gasteiger partial charge in [0.25, 0.3) is 0 Å². The van der Waals surface area contributed by atoms with Gasteiger partial charge in [-0.3, -0.25) is 0 Å². The van der Waals surface area contributed by atoms with E-state index in [9.17, 15) is 4.79 Å². The molecule has 4 nitrogen and oxygen atoms in total. The number of hydrogen-bond donors (Lipinski definition) is 1. The molecule has 0 radical (unpaired) electrons. The van der Waals surface area contributed by atoms with Crippen LogP contribution in [0.2, 0.25) is 0 Å². The third-order valence-electron chi connectivity index (χ3n) is 5.23. The summed E-state index contributed by atoms with van der Waals surface area (Å²) in [7, 11) is 0. The topological polar surface area (TPSA) is 41.6 Å². The van der Waals surface area contributed by atoms with E-state index < -0.39 is 0 Å². The van der Waals surface area contributed by atoms with Crippen molar-refractivity contribution < 1.29 is 9.53 Å². The number of nitrogens with one attached hydrogen (secondary N) is 1. The van der Waals surface area contributed by atoms with E-state index in [4.69, 9.17) is 4.74 Å².